The van der Waals surface area contributed by atoms with Crippen LogP contribution in [0.25, 0.3) is 11.0 Å². The number of ketones is 1. The van der Waals surface area contributed by atoms with E-state index in [2.05, 4.69) is 15.3 Å². The average molecular weight is 637 g/mol. The van der Waals surface area contributed by atoms with E-state index in [1.54, 1.807) is 25.0 Å². The number of nitrogens with zero attached hydrogens (tertiary/aromatic N) is 2. The summed E-state index contributed by atoms with van der Waals surface area (Å²) in [5.41, 5.74) is 1.24. The predicted octanol–water partition coefficient (Wildman–Crippen LogP) is 4.41. The zero-order chi connectivity index (χ0) is 32.6. The van der Waals surface area contributed by atoms with Gasteiger partial charge in [0, 0.05) is 18.0 Å². The van der Waals surface area contributed by atoms with E-state index in [0.29, 0.717) is 60.9 Å². The van der Waals surface area contributed by atoms with Crippen LogP contribution < -0.4 is 15.6 Å². The first-order valence-corrected chi connectivity index (χ1v) is 17.0. The number of carbonyl (C=O) groups excluding carboxylic acids is 3. The fourth-order valence-corrected chi connectivity index (χ4v) is 8.26. The number of fused-ring (bicyclic) bond motifs is 2. The molecule has 2 saturated heterocycles. The van der Waals surface area contributed by atoms with E-state index < -0.39 is 23.6 Å². The van der Waals surface area contributed by atoms with Gasteiger partial charge in [0.1, 0.15) is 23.6 Å². The molecule has 1 aromatic carbocycles. The van der Waals surface area contributed by atoms with E-state index in [-0.39, 0.29) is 29.3 Å². The van der Waals surface area contributed by atoms with Crippen molar-refractivity contribution in [3.05, 3.63) is 34.2 Å². The molecule has 6 rings (SSSR count). The maximum absolute atomic E-state index is 13.9. The van der Waals surface area contributed by atoms with Crippen molar-refractivity contribution < 1.29 is 28.6 Å². The number of ether oxygens (including phenoxy) is 3. The number of amides is 2. The summed E-state index contributed by atoms with van der Waals surface area (Å²) in [6.07, 6.45) is 7.28. The van der Waals surface area contributed by atoms with Gasteiger partial charge in [-0.25, -0.2) is 9.78 Å². The summed E-state index contributed by atoms with van der Waals surface area (Å²) >= 11 is 0. The lowest BCUT2D eigenvalue weighted by molar-refractivity contribution is -0.158. The van der Waals surface area contributed by atoms with Crippen LogP contribution in [0, 0.1) is 29.1 Å². The van der Waals surface area contributed by atoms with Crippen LogP contribution in [0.3, 0.4) is 0 Å². The number of benzene rings is 1. The molecule has 11 heteroatoms. The molecule has 2 aliphatic heterocycles. The second kappa shape index (κ2) is 13.3. The second-order valence-corrected chi connectivity index (χ2v) is 14.3. The minimum atomic E-state index is -0.811. The number of aromatic nitrogens is 2. The van der Waals surface area contributed by atoms with Crippen molar-refractivity contribution in [3.63, 3.8) is 0 Å². The second-order valence-electron chi connectivity index (χ2n) is 14.3. The molecule has 3 heterocycles. The molecule has 2 aliphatic carbocycles. The van der Waals surface area contributed by atoms with Gasteiger partial charge in [0.15, 0.2) is 5.78 Å². The number of unbranched alkanes of at least 4 members (excludes halogenated alkanes) is 2. The Morgan fingerprint density at radius 3 is 2.70 bits per heavy atom. The summed E-state index contributed by atoms with van der Waals surface area (Å²) in [6, 6.07) is 4.20. The first kappa shape index (κ1) is 32.5. The molecule has 2 aromatic rings. The Balaban J connectivity index is 1.02. The third kappa shape index (κ3) is 6.52. The van der Waals surface area contributed by atoms with Gasteiger partial charge < -0.3 is 29.4 Å². The van der Waals surface area contributed by atoms with Gasteiger partial charge >= 0.3 is 6.09 Å². The molecule has 4 fully saturated rings. The number of aryl methyl sites for hydroxylation is 1. The largest absolute Gasteiger partial charge is 0.497 e. The van der Waals surface area contributed by atoms with Crippen LogP contribution in [0.5, 0.6) is 5.75 Å². The maximum atomic E-state index is 13.9. The number of rotatable bonds is 13. The molecule has 5 unspecified atom stereocenters. The zero-order valence-corrected chi connectivity index (χ0v) is 27.5. The van der Waals surface area contributed by atoms with Gasteiger partial charge in [-0.05, 0) is 81.3 Å². The average Bonchev–Trinajstić information content (AvgIpc) is 3.49. The molecule has 7 atom stereocenters. The van der Waals surface area contributed by atoms with Gasteiger partial charge in [0.25, 0.3) is 5.56 Å². The lowest BCUT2D eigenvalue weighted by Crippen LogP contribution is -2.64. The third-order valence-corrected chi connectivity index (χ3v) is 11.0. The normalized spacial score (nSPS) is 28.3. The number of nitrogens with one attached hydrogen (secondary N) is 2. The van der Waals surface area contributed by atoms with Crippen LogP contribution in [0.1, 0.15) is 77.8 Å². The van der Waals surface area contributed by atoms with Crippen LogP contribution >= 0.6 is 0 Å². The number of alkyl carbamates (subject to hydrolysis) is 1. The van der Waals surface area contributed by atoms with Crippen LogP contribution in [-0.4, -0.2) is 77.7 Å². The van der Waals surface area contributed by atoms with Crippen LogP contribution in [0.2, 0.25) is 0 Å². The Morgan fingerprint density at radius 2 is 2.00 bits per heavy atom. The molecule has 0 radical (unpaired) electrons. The van der Waals surface area contributed by atoms with Gasteiger partial charge in [0.05, 0.1) is 37.4 Å². The van der Waals surface area contributed by atoms with Crippen molar-refractivity contribution >= 4 is 28.8 Å². The zero-order valence-electron chi connectivity index (χ0n) is 27.5. The molecule has 11 nitrogen and oxygen atoms in total. The Hall–Kier alpha value is -3.47. The Kier molecular flexibility index (Phi) is 9.41. The highest BCUT2D eigenvalue weighted by Gasteiger charge is 2.55. The van der Waals surface area contributed by atoms with Crippen LogP contribution in [0.15, 0.2) is 23.0 Å². The standard InChI is InChI=1S/C35H48N4O7/c1-5-21-13-14-39(30(21)20(2)40)33(42)31(35(3)18-45-19-35)38-34(43)46-29-16-22-15-25(22)24(29)9-7-6-8-10-27-32(41)37-28-17-23(44-4)11-12-26(28)36-27/h11-12,17,21-22,24-25,29-31H,5-10,13-16,18-19H2,1-4H3,(H,37,41)(H,38,43)/t21?,22?,24-,25?,29?,30-,31?/m1/s1. The van der Waals surface area contributed by atoms with E-state index in [1.807, 2.05) is 26.0 Å². The fourth-order valence-electron chi connectivity index (χ4n) is 8.26. The molecule has 2 saturated carbocycles. The van der Waals surface area contributed by atoms with Crippen molar-refractivity contribution in [2.45, 2.75) is 96.7 Å². The molecule has 0 bridgehead atoms. The fraction of sp³-hybridized carbons (Fsp3) is 0.686. The van der Waals surface area contributed by atoms with Gasteiger partial charge in [-0.2, -0.15) is 0 Å². The van der Waals surface area contributed by atoms with Crippen molar-refractivity contribution in [2.75, 3.05) is 26.9 Å². The van der Waals surface area contributed by atoms with Crippen LogP contribution in [0.4, 0.5) is 4.79 Å². The number of methoxy groups -OCH3 is 1. The lowest BCUT2D eigenvalue weighted by Gasteiger charge is -2.45. The number of aromatic amines is 1. The van der Waals surface area contributed by atoms with Crippen molar-refractivity contribution in [3.8, 4) is 5.75 Å². The molecule has 46 heavy (non-hydrogen) atoms. The van der Waals surface area contributed by atoms with Crippen LogP contribution in [-0.2, 0) is 25.5 Å². The van der Waals surface area contributed by atoms with Crippen molar-refractivity contribution in [1.82, 2.24) is 20.2 Å². The first-order chi connectivity index (χ1) is 22.1. The first-order valence-electron chi connectivity index (χ1n) is 17.0. The summed E-state index contributed by atoms with van der Waals surface area (Å²) in [6.45, 7) is 6.79. The number of Topliss-reactive ketones (excluding diaryl/α,β-unsaturated/α-hetero) is 1. The molecule has 4 aliphatic rings. The molecule has 2 N–H and O–H groups in total. The van der Waals surface area contributed by atoms with Gasteiger partial charge in [-0.3, -0.25) is 14.4 Å². The van der Waals surface area contributed by atoms with Gasteiger partial charge in [-0.15, -0.1) is 0 Å². The highest BCUT2D eigenvalue weighted by Crippen LogP contribution is 2.57. The summed E-state index contributed by atoms with van der Waals surface area (Å²) in [4.78, 5) is 61.6. The molecule has 0 spiro atoms. The van der Waals surface area contributed by atoms with Gasteiger partial charge in [0.2, 0.25) is 5.91 Å². The molecule has 1 aromatic heterocycles. The smallest absolute Gasteiger partial charge is 0.408 e. The lowest BCUT2D eigenvalue weighted by atomic mass is 9.79. The highest BCUT2D eigenvalue weighted by atomic mass is 16.6. The minimum Gasteiger partial charge on any atom is -0.497 e. The Labute approximate surface area is 270 Å². The van der Waals surface area contributed by atoms with Crippen molar-refractivity contribution in [2.24, 2.45) is 29.1 Å². The molecular formula is C35H48N4O7. The topological polar surface area (TPSA) is 140 Å². The molecule has 250 valence electrons. The number of likely N-dealkylation sites (tertiary alicyclic amines) is 1. The summed E-state index contributed by atoms with van der Waals surface area (Å²) < 4.78 is 16.8. The van der Waals surface area contributed by atoms with E-state index in [1.165, 1.54) is 6.42 Å². The Bertz CT molecular complexity index is 1520. The minimum absolute atomic E-state index is 0.0107. The monoisotopic (exact) mass is 636 g/mol. The Morgan fingerprint density at radius 1 is 1.20 bits per heavy atom. The SMILES string of the molecule is CCC1CCN(C(=O)C(NC(=O)OC2CC3CC3[C@H]2CCCCCc2nc3ccc(OC)cc3[nH]c2=O)C2(C)COC2)[C@@H]1C(C)=O. The van der Waals surface area contributed by atoms with E-state index in [9.17, 15) is 19.2 Å². The summed E-state index contributed by atoms with van der Waals surface area (Å²) in [5.74, 6) is 2.07. The number of H-pyrrole nitrogens is 1. The van der Waals surface area contributed by atoms with E-state index in [0.717, 1.165) is 50.5 Å². The molecular weight excluding hydrogens is 588 g/mol. The van der Waals surface area contributed by atoms with Gasteiger partial charge in [-0.1, -0.05) is 33.1 Å². The third-order valence-electron chi connectivity index (χ3n) is 11.0. The summed E-state index contributed by atoms with van der Waals surface area (Å²) in [7, 11) is 1.59. The predicted molar refractivity (Wildman–Crippen MR) is 171 cm³/mol. The van der Waals surface area contributed by atoms with Crippen molar-refractivity contribution in [1.29, 1.82) is 0 Å². The quantitative estimate of drug-likeness (QED) is 0.308. The summed E-state index contributed by atoms with van der Waals surface area (Å²) in [5, 5.41) is 2.93. The highest BCUT2D eigenvalue weighted by molar-refractivity contribution is 5.92. The van der Waals surface area contributed by atoms with E-state index in [4.69, 9.17) is 14.2 Å². The number of hydrogen-bond donors (Lipinski definition) is 2. The number of hydrogen-bond acceptors (Lipinski definition) is 8. The maximum Gasteiger partial charge on any atom is 0.408 e. The molecule has 2 amide bonds. The van der Waals surface area contributed by atoms with E-state index >= 15 is 0 Å². The number of carbonyl (C=O) groups is 3.